The summed E-state index contributed by atoms with van der Waals surface area (Å²) in [6.07, 6.45) is 0.399. The van der Waals surface area contributed by atoms with E-state index in [9.17, 15) is 9.59 Å². The van der Waals surface area contributed by atoms with E-state index in [4.69, 9.17) is 5.73 Å². The van der Waals surface area contributed by atoms with Crippen molar-refractivity contribution in [2.45, 2.75) is 18.7 Å². The Morgan fingerprint density at radius 1 is 1.12 bits per heavy atom. The molecule has 5 nitrogen and oxygen atoms in total. The molecule has 0 aliphatic heterocycles. The first-order valence-electron chi connectivity index (χ1n) is 7.96. The fourth-order valence-corrected chi connectivity index (χ4v) is 3.05. The summed E-state index contributed by atoms with van der Waals surface area (Å²) in [7, 11) is 1.39. The first-order chi connectivity index (χ1) is 12.1. The van der Waals surface area contributed by atoms with Gasteiger partial charge in [-0.1, -0.05) is 24.3 Å². The van der Waals surface area contributed by atoms with Crippen LogP contribution in [0.4, 0.5) is 5.69 Å². The van der Waals surface area contributed by atoms with Crippen LogP contribution in [0.25, 0.3) is 0 Å². The number of ether oxygens (including phenoxy) is 1. The fraction of sp³-hybridized carbons (Fsp3) is 0.263. The molecule has 2 aromatic carbocycles. The van der Waals surface area contributed by atoms with Gasteiger partial charge in [0, 0.05) is 29.3 Å². The third kappa shape index (κ3) is 6.25. The maximum Gasteiger partial charge on any atom is 0.306 e. The van der Waals surface area contributed by atoms with E-state index in [2.05, 4.69) is 10.1 Å². The lowest BCUT2D eigenvalue weighted by Gasteiger charge is -2.08. The molecule has 1 amide bonds. The molecule has 2 aromatic rings. The van der Waals surface area contributed by atoms with Gasteiger partial charge < -0.3 is 15.8 Å². The molecule has 0 fully saturated rings. The predicted molar refractivity (Wildman–Crippen MR) is 102 cm³/mol. The molecule has 132 valence electrons. The summed E-state index contributed by atoms with van der Waals surface area (Å²) in [6, 6.07) is 14.9. The summed E-state index contributed by atoms with van der Waals surface area (Å²) < 4.78 is 4.62. The van der Waals surface area contributed by atoms with Crippen molar-refractivity contribution in [3.05, 3.63) is 65.2 Å². The molecule has 0 saturated heterocycles. The van der Waals surface area contributed by atoms with Crippen LogP contribution in [0.5, 0.6) is 0 Å². The summed E-state index contributed by atoms with van der Waals surface area (Å²) in [4.78, 5) is 23.4. The number of nitrogens with one attached hydrogen (secondary N) is 1. The molecule has 6 heteroatoms. The van der Waals surface area contributed by atoms with Gasteiger partial charge in [-0.05, 0) is 35.4 Å². The van der Waals surface area contributed by atoms with Gasteiger partial charge in [-0.25, -0.2) is 0 Å². The van der Waals surface area contributed by atoms with Crippen LogP contribution >= 0.6 is 11.8 Å². The monoisotopic (exact) mass is 358 g/mol. The zero-order chi connectivity index (χ0) is 18.1. The Balaban J connectivity index is 1.89. The topological polar surface area (TPSA) is 81.4 Å². The Labute approximate surface area is 151 Å². The van der Waals surface area contributed by atoms with E-state index >= 15 is 0 Å². The van der Waals surface area contributed by atoms with Crippen LogP contribution in [-0.4, -0.2) is 24.7 Å². The van der Waals surface area contributed by atoms with Crippen LogP contribution in [0.2, 0.25) is 0 Å². The van der Waals surface area contributed by atoms with Crippen LogP contribution in [-0.2, 0) is 21.8 Å². The number of esters is 1. The van der Waals surface area contributed by atoms with Crippen molar-refractivity contribution in [2.24, 2.45) is 5.73 Å². The molecule has 0 radical (unpaired) electrons. The molecular formula is C19H22N2O3S. The molecule has 0 atom stereocenters. The van der Waals surface area contributed by atoms with Gasteiger partial charge in [0.2, 0.25) is 0 Å². The minimum atomic E-state index is -0.200. The van der Waals surface area contributed by atoms with Crippen molar-refractivity contribution in [1.82, 2.24) is 0 Å². The molecule has 0 bridgehead atoms. The summed E-state index contributed by atoms with van der Waals surface area (Å²) in [6.45, 7) is 0.456. The minimum Gasteiger partial charge on any atom is -0.469 e. The number of carbonyl (C=O) groups is 2. The number of methoxy groups -OCH3 is 1. The Kier molecular flexibility index (Phi) is 7.50. The predicted octanol–water partition coefficient (Wildman–Crippen LogP) is 3.19. The maximum absolute atomic E-state index is 12.3. The first kappa shape index (κ1) is 19.0. The Bertz CT molecular complexity index is 717. The molecule has 0 saturated carbocycles. The van der Waals surface area contributed by atoms with Crippen molar-refractivity contribution < 1.29 is 14.3 Å². The second kappa shape index (κ2) is 9.86. The van der Waals surface area contributed by atoms with Gasteiger partial charge in [-0.2, -0.15) is 11.8 Å². The Morgan fingerprint density at radius 2 is 1.88 bits per heavy atom. The zero-order valence-electron chi connectivity index (χ0n) is 14.2. The highest BCUT2D eigenvalue weighted by atomic mass is 32.2. The number of carbonyl (C=O) groups excluding carboxylic acids is 2. The number of benzene rings is 2. The molecule has 2 rings (SSSR count). The van der Waals surface area contributed by atoms with Crippen LogP contribution < -0.4 is 11.1 Å². The number of rotatable bonds is 8. The first-order valence-corrected chi connectivity index (χ1v) is 9.11. The van der Waals surface area contributed by atoms with Crippen LogP contribution in [0.1, 0.15) is 27.9 Å². The average molecular weight is 358 g/mol. The highest BCUT2D eigenvalue weighted by molar-refractivity contribution is 7.98. The molecule has 0 aromatic heterocycles. The van der Waals surface area contributed by atoms with E-state index in [0.29, 0.717) is 24.3 Å². The summed E-state index contributed by atoms with van der Waals surface area (Å²) in [5.41, 5.74) is 8.98. The van der Waals surface area contributed by atoms with Gasteiger partial charge in [0.05, 0.1) is 13.5 Å². The lowest BCUT2D eigenvalue weighted by atomic mass is 10.1. The number of anilines is 1. The molecule has 0 heterocycles. The van der Waals surface area contributed by atoms with Gasteiger partial charge in [-0.15, -0.1) is 0 Å². The number of thioether (sulfide) groups is 1. The fourth-order valence-electron chi connectivity index (χ4n) is 2.18. The molecule has 0 spiro atoms. The molecule has 0 aliphatic carbocycles. The van der Waals surface area contributed by atoms with Gasteiger partial charge in [0.1, 0.15) is 0 Å². The number of hydrogen-bond acceptors (Lipinski definition) is 5. The zero-order valence-corrected chi connectivity index (χ0v) is 15.0. The van der Waals surface area contributed by atoms with E-state index < -0.39 is 0 Å². The lowest BCUT2D eigenvalue weighted by molar-refractivity contribution is -0.140. The van der Waals surface area contributed by atoms with Crippen molar-refractivity contribution in [1.29, 1.82) is 0 Å². The normalized spacial score (nSPS) is 10.3. The van der Waals surface area contributed by atoms with Crippen LogP contribution in [0.15, 0.2) is 48.5 Å². The standard InChI is InChI=1S/C19H22N2O3S/c1-24-18(22)9-10-25-13-15-3-2-4-17(11-15)21-19(23)16-7-5-14(12-20)6-8-16/h2-8,11H,9-10,12-13,20H2,1H3,(H,21,23). The SMILES string of the molecule is COC(=O)CCSCc1cccc(NC(=O)c2ccc(CN)cc2)c1. The van der Waals surface area contributed by atoms with Crippen LogP contribution in [0, 0.1) is 0 Å². The van der Waals surface area contributed by atoms with Gasteiger partial charge in [0.25, 0.3) is 5.91 Å². The summed E-state index contributed by atoms with van der Waals surface area (Å²) in [5.74, 6) is 1.12. The second-order valence-corrected chi connectivity index (χ2v) is 6.54. The van der Waals surface area contributed by atoms with E-state index in [1.807, 2.05) is 36.4 Å². The minimum absolute atomic E-state index is 0.154. The van der Waals surface area contributed by atoms with Crippen LogP contribution in [0.3, 0.4) is 0 Å². The van der Waals surface area contributed by atoms with E-state index in [1.165, 1.54) is 7.11 Å². The largest absolute Gasteiger partial charge is 0.469 e. The van der Waals surface area contributed by atoms with Gasteiger partial charge in [0.15, 0.2) is 0 Å². The number of hydrogen-bond donors (Lipinski definition) is 2. The van der Waals surface area contributed by atoms with E-state index in [0.717, 1.165) is 22.6 Å². The highest BCUT2D eigenvalue weighted by Gasteiger charge is 2.07. The van der Waals surface area contributed by atoms with Gasteiger partial charge in [-0.3, -0.25) is 9.59 Å². The van der Waals surface area contributed by atoms with Gasteiger partial charge >= 0.3 is 5.97 Å². The van der Waals surface area contributed by atoms with E-state index in [-0.39, 0.29) is 11.9 Å². The van der Waals surface area contributed by atoms with E-state index in [1.54, 1.807) is 23.9 Å². The second-order valence-electron chi connectivity index (χ2n) is 5.43. The number of nitrogens with two attached hydrogens (primary N) is 1. The molecular weight excluding hydrogens is 336 g/mol. The molecule has 3 N–H and O–H groups in total. The average Bonchev–Trinajstić information content (AvgIpc) is 2.65. The molecule has 0 aliphatic rings. The maximum atomic E-state index is 12.3. The quantitative estimate of drug-likeness (QED) is 0.559. The third-order valence-electron chi connectivity index (χ3n) is 3.58. The third-order valence-corrected chi connectivity index (χ3v) is 4.61. The van der Waals surface area contributed by atoms with Crippen molar-refractivity contribution in [3.8, 4) is 0 Å². The molecule has 0 unspecified atom stereocenters. The number of amides is 1. The van der Waals surface area contributed by atoms with Crippen molar-refractivity contribution in [3.63, 3.8) is 0 Å². The Hall–Kier alpha value is -2.31. The summed E-state index contributed by atoms with van der Waals surface area (Å²) >= 11 is 1.65. The Morgan fingerprint density at radius 3 is 2.56 bits per heavy atom. The molecule has 25 heavy (non-hydrogen) atoms. The van der Waals surface area contributed by atoms with Crippen molar-refractivity contribution in [2.75, 3.05) is 18.2 Å². The lowest BCUT2D eigenvalue weighted by Crippen LogP contribution is -2.12. The summed E-state index contributed by atoms with van der Waals surface area (Å²) in [5, 5.41) is 2.90. The smallest absolute Gasteiger partial charge is 0.306 e. The van der Waals surface area contributed by atoms with Crippen molar-refractivity contribution >= 4 is 29.3 Å². The highest BCUT2D eigenvalue weighted by Crippen LogP contribution is 2.18.